The molecule has 0 saturated heterocycles. The smallest absolute Gasteiger partial charge is 0.164 e. The van der Waals surface area contributed by atoms with Crippen LogP contribution in [0.25, 0.3) is 88.8 Å². The molecule has 9 aromatic carbocycles. The highest BCUT2D eigenvalue weighted by Crippen LogP contribution is 2.42. The van der Waals surface area contributed by atoms with Crippen molar-refractivity contribution in [1.82, 2.24) is 15.0 Å². The predicted octanol–water partition coefficient (Wildman–Crippen LogP) is 14.2. The maximum absolute atomic E-state index is 6.69. The van der Waals surface area contributed by atoms with E-state index in [9.17, 15) is 0 Å². The monoisotopic (exact) mass is 742 g/mol. The van der Waals surface area contributed by atoms with Crippen LogP contribution in [0.15, 0.2) is 211 Å². The SMILES string of the molecule is c1ccc(-c2nc(-c3ccc(-c4ccccc4)c4ccccc34)nc(-c3cccc4oc5cc(N(c6ccccc6)c6ccc7ccccc7c6)ccc5c34)n2)cc1. The van der Waals surface area contributed by atoms with Gasteiger partial charge >= 0.3 is 0 Å². The zero-order chi connectivity index (χ0) is 38.4. The van der Waals surface area contributed by atoms with Crippen LogP contribution in [0.3, 0.4) is 0 Å². The number of nitrogens with zero attached hydrogens (tertiary/aromatic N) is 4. The van der Waals surface area contributed by atoms with E-state index in [-0.39, 0.29) is 0 Å². The molecule has 0 saturated carbocycles. The van der Waals surface area contributed by atoms with Crippen molar-refractivity contribution in [2.24, 2.45) is 0 Å². The molecule has 5 heteroatoms. The Morgan fingerprint density at radius 1 is 0.328 bits per heavy atom. The van der Waals surface area contributed by atoms with Gasteiger partial charge in [0, 0.05) is 50.6 Å². The van der Waals surface area contributed by atoms with E-state index in [2.05, 4.69) is 157 Å². The van der Waals surface area contributed by atoms with Gasteiger partial charge < -0.3 is 9.32 Å². The van der Waals surface area contributed by atoms with Crippen molar-refractivity contribution < 1.29 is 4.42 Å². The van der Waals surface area contributed by atoms with E-state index in [1.807, 2.05) is 54.6 Å². The second kappa shape index (κ2) is 14.0. The minimum absolute atomic E-state index is 0.583. The van der Waals surface area contributed by atoms with Crippen molar-refractivity contribution in [3.05, 3.63) is 206 Å². The van der Waals surface area contributed by atoms with Crippen LogP contribution in [0.1, 0.15) is 0 Å². The molecule has 0 fully saturated rings. The van der Waals surface area contributed by atoms with E-state index < -0.39 is 0 Å². The van der Waals surface area contributed by atoms with Crippen LogP contribution in [-0.2, 0) is 0 Å². The van der Waals surface area contributed by atoms with Crippen molar-refractivity contribution in [3.63, 3.8) is 0 Å². The molecule has 0 spiro atoms. The Kier molecular flexibility index (Phi) is 8.07. The van der Waals surface area contributed by atoms with Crippen molar-refractivity contribution in [2.75, 3.05) is 4.90 Å². The summed E-state index contributed by atoms with van der Waals surface area (Å²) < 4.78 is 6.69. The molecule has 0 aliphatic carbocycles. The highest BCUT2D eigenvalue weighted by atomic mass is 16.3. The molecular weight excluding hydrogens is 709 g/mol. The van der Waals surface area contributed by atoms with Gasteiger partial charge in [0.25, 0.3) is 0 Å². The van der Waals surface area contributed by atoms with Gasteiger partial charge in [-0.05, 0) is 81.2 Å². The lowest BCUT2D eigenvalue weighted by Crippen LogP contribution is -2.09. The number of furan rings is 1. The third-order valence-electron chi connectivity index (χ3n) is 10.9. The number of benzene rings is 9. The lowest BCUT2D eigenvalue weighted by Gasteiger charge is -2.25. The van der Waals surface area contributed by atoms with Gasteiger partial charge in [-0.25, -0.2) is 15.0 Å². The van der Waals surface area contributed by atoms with Gasteiger partial charge in [0.1, 0.15) is 11.2 Å². The van der Waals surface area contributed by atoms with Gasteiger partial charge in [-0.3, -0.25) is 0 Å². The number of aromatic nitrogens is 3. The van der Waals surface area contributed by atoms with Crippen LogP contribution < -0.4 is 4.90 Å². The predicted molar refractivity (Wildman–Crippen MR) is 239 cm³/mol. The molecule has 2 aromatic heterocycles. The standard InChI is InChI=1S/C53H34N4O/c1-4-16-36(17-5-1)42-31-32-45(44-24-13-12-23-43(42)44)52-54-51(37-18-6-2-7-19-37)55-53(56-52)47-25-14-26-48-50(47)46-30-29-41(34-49(46)58-48)57(39-21-8-3-9-22-39)40-28-27-35-15-10-11-20-38(35)33-40/h1-34H. The molecule has 0 bridgehead atoms. The Bertz CT molecular complexity index is 3290. The Morgan fingerprint density at radius 3 is 1.69 bits per heavy atom. The minimum atomic E-state index is 0.583. The summed E-state index contributed by atoms with van der Waals surface area (Å²) in [5.41, 5.74) is 9.74. The summed E-state index contributed by atoms with van der Waals surface area (Å²) in [6.45, 7) is 0. The summed E-state index contributed by atoms with van der Waals surface area (Å²) in [7, 11) is 0. The summed E-state index contributed by atoms with van der Waals surface area (Å²) >= 11 is 0. The molecule has 11 rings (SSSR count). The van der Waals surface area contributed by atoms with E-state index in [1.54, 1.807) is 0 Å². The largest absolute Gasteiger partial charge is 0.456 e. The van der Waals surface area contributed by atoms with E-state index in [0.717, 1.165) is 77.6 Å². The molecule has 11 aromatic rings. The Balaban J connectivity index is 1.09. The van der Waals surface area contributed by atoms with Crippen molar-refractivity contribution >= 4 is 60.5 Å². The number of fused-ring (bicyclic) bond motifs is 5. The molecule has 0 amide bonds. The van der Waals surface area contributed by atoms with E-state index >= 15 is 0 Å². The fourth-order valence-corrected chi connectivity index (χ4v) is 8.18. The van der Waals surface area contributed by atoms with Crippen molar-refractivity contribution in [2.45, 2.75) is 0 Å². The van der Waals surface area contributed by atoms with Gasteiger partial charge in [0.05, 0.1) is 0 Å². The maximum Gasteiger partial charge on any atom is 0.164 e. The quantitative estimate of drug-likeness (QED) is 0.163. The Morgan fingerprint density at radius 2 is 0.914 bits per heavy atom. The number of hydrogen-bond acceptors (Lipinski definition) is 5. The first-order valence-corrected chi connectivity index (χ1v) is 19.4. The molecule has 272 valence electrons. The summed E-state index contributed by atoms with van der Waals surface area (Å²) in [5, 5.41) is 6.55. The molecule has 0 radical (unpaired) electrons. The third kappa shape index (κ3) is 5.85. The average molecular weight is 743 g/mol. The average Bonchev–Trinajstić information content (AvgIpc) is 3.68. The molecule has 2 heterocycles. The fourth-order valence-electron chi connectivity index (χ4n) is 8.18. The maximum atomic E-state index is 6.69. The number of anilines is 3. The molecule has 0 atom stereocenters. The lowest BCUT2D eigenvalue weighted by molar-refractivity contribution is 0.669. The molecule has 0 aliphatic rings. The van der Waals surface area contributed by atoms with E-state index in [4.69, 9.17) is 19.4 Å². The van der Waals surface area contributed by atoms with Gasteiger partial charge in [-0.1, -0.05) is 152 Å². The first-order chi connectivity index (χ1) is 28.7. The molecular formula is C53H34N4O. The van der Waals surface area contributed by atoms with Crippen molar-refractivity contribution in [3.8, 4) is 45.3 Å². The summed E-state index contributed by atoms with van der Waals surface area (Å²) in [6.07, 6.45) is 0. The second-order valence-electron chi connectivity index (χ2n) is 14.4. The minimum Gasteiger partial charge on any atom is -0.456 e. The number of hydrogen-bond donors (Lipinski definition) is 0. The first-order valence-electron chi connectivity index (χ1n) is 19.4. The summed E-state index contributed by atoms with van der Waals surface area (Å²) in [6, 6.07) is 71.5. The van der Waals surface area contributed by atoms with Crippen LogP contribution in [0.5, 0.6) is 0 Å². The van der Waals surface area contributed by atoms with Crippen LogP contribution in [0, 0.1) is 0 Å². The Hall–Kier alpha value is -7.89. The van der Waals surface area contributed by atoms with Crippen molar-refractivity contribution in [1.29, 1.82) is 0 Å². The molecule has 0 aliphatic heterocycles. The second-order valence-corrected chi connectivity index (χ2v) is 14.4. The molecule has 0 unspecified atom stereocenters. The number of para-hydroxylation sites is 1. The molecule has 5 nitrogen and oxygen atoms in total. The van der Waals surface area contributed by atoms with E-state index in [0.29, 0.717) is 17.5 Å². The zero-order valence-corrected chi connectivity index (χ0v) is 31.3. The third-order valence-corrected chi connectivity index (χ3v) is 10.9. The normalized spacial score (nSPS) is 11.4. The fraction of sp³-hybridized carbons (Fsp3) is 0. The van der Waals surface area contributed by atoms with Crippen LogP contribution in [0.2, 0.25) is 0 Å². The first kappa shape index (κ1) is 33.4. The van der Waals surface area contributed by atoms with Gasteiger partial charge in [-0.2, -0.15) is 0 Å². The van der Waals surface area contributed by atoms with Crippen LogP contribution in [-0.4, -0.2) is 15.0 Å². The van der Waals surface area contributed by atoms with E-state index in [1.165, 1.54) is 10.8 Å². The summed E-state index contributed by atoms with van der Waals surface area (Å²) in [4.78, 5) is 17.8. The summed E-state index contributed by atoms with van der Waals surface area (Å²) in [5.74, 6) is 1.80. The van der Waals surface area contributed by atoms with Gasteiger partial charge in [0.2, 0.25) is 0 Å². The topological polar surface area (TPSA) is 55.1 Å². The number of rotatable bonds is 7. The highest BCUT2D eigenvalue weighted by molar-refractivity contribution is 6.13. The van der Waals surface area contributed by atoms with Gasteiger partial charge in [0.15, 0.2) is 17.5 Å². The van der Waals surface area contributed by atoms with Crippen LogP contribution >= 0.6 is 0 Å². The lowest BCUT2D eigenvalue weighted by atomic mass is 9.94. The van der Waals surface area contributed by atoms with Crippen LogP contribution in [0.4, 0.5) is 17.1 Å². The highest BCUT2D eigenvalue weighted by Gasteiger charge is 2.21. The molecule has 0 N–H and O–H groups in total. The zero-order valence-electron chi connectivity index (χ0n) is 31.3. The van der Waals surface area contributed by atoms with Gasteiger partial charge in [-0.15, -0.1) is 0 Å². The molecule has 58 heavy (non-hydrogen) atoms. The Labute approximate surface area is 335 Å².